The second kappa shape index (κ2) is 5.35. The Balaban J connectivity index is 1.92. The Kier molecular flexibility index (Phi) is 4.04. The van der Waals surface area contributed by atoms with Gasteiger partial charge in [-0.3, -0.25) is 4.79 Å². The fourth-order valence-corrected chi connectivity index (χ4v) is 3.06. The van der Waals surface area contributed by atoms with Crippen molar-refractivity contribution in [2.75, 3.05) is 6.61 Å². The summed E-state index contributed by atoms with van der Waals surface area (Å²) >= 11 is 6.98. The van der Waals surface area contributed by atoms with Gasteiger partial charge in [-0.1, -0.05) is 11.6 Å². The third-order valence-corrected chi connectivity index (χ3v) is 4.25. The number of rotatable bonds is 3. The van der Waals surface area contributed by atoms with E-state index in [0.717, 1.165) is 0 Å². The van der Waals surface area contributed by atoms with Gasteiger partial charge in [0.25, 0.3) is 5.91 Å². The van der Waals surface area contributed by atoms with Crippen molar-refractivity contribution in [1.82, 2.24) is 5.32 Å². The molecule has 1 heterocycles. The zero-order chi connectivity index (χ0) is 12.4. The van der Waals surface area contributed by atoms with Crippen LogP contribution >= 0.6 is 22.9 Å². The minimum Gasteiger partial charge on any atom is -0.396 e. The maximum atomic E-state index is 11.8. The average molecular weight is 276 g/mol. The Hall–Kier alpha value is -0.620. The number of hydrogen-bond donors (Lipinski definition) is 3. The van der Waals surface area contributed by atoms with Crippen molar-refractivity contribution in [3.05, 3.63) is 21.3 Å². The van der Waals surface area contributed by atoms with Crippen molar-refractivity contribution in [2.24, 2.45) is 5.92 Å². The highest BCUT2D eigenvalue weighted by Gasteiger charge is 2.33. The van der Waals surface area contributed by atoms with Crippen molar-refractivity contribution in [2.45, 2.75) is 25.0 Å². The maximum absolute atomic E-state index is 11.8. The highest BCUT2D eigenvalue weighted by molar-refractivity contribution is 7.17. The van der Waals surface area contributed by atoms with Gasteiger partial charge in [-0.25, -0.2) is 0 Å². The maximum Gasteiger partial charge on any atom is 0.261 e. The number of amides is 1. The second-order valence-corrected chi connectivity index (χ2v) is 5.97. The molecule has 94 valence electrons. The number of hydrogen-bond acceptors (Lipinski definition) is 4. The van der Waals surface area contributed by atoms with Crippen LogP contribution in [0.25, 0.3) is 0 Å². The minimum atomic E-state index is -0.530. The lowest BCUT2D eigenvalue weighted by atomic mass is 10.1. The summed E-state index contributed by atoms with van der Waals surface area (Å²) in [5.74, 6) is -0.301. The molecule has 1 aliphatic carbocycles. The molecule has 0 saturated heterocycles. The first-order valence-electron chi connectivity index (χ1n) is 5.45. The van der Waals surface area contributed by atoms with Crippen LogP contribution in [-0.4, -0.2) is 34.9 Å². The fraction of sp³-hybridized carbons (Fsp3) is 0.545. The van der Waals surface area contributed by atoms with Crippen molar-refractivity contribution in [3.63, 3.8) is 0 Å². The molecule has 0 radical (unpaired) electrons. The van der Waals surface area contributed by atoms with E-state index in [4.69, 9.17) is 16.7 Å². The molecule has 4 nitrogen and oxygen atoms in total. The van der Waals surface area contributed by atoms with E-state index in [2.05, 4.69) is 5.32 Å². The Morgan fingerprint density at radius 1 is 1.53 bits per heavy atom. The summed E-state index contributed by atoms with van der Waals surface area (Å²) in [4.78, 5) is 12.4. The van der Waals surface area contributed by atoms with Crippen molar-refractivity contribution in [1.29, 1.82) is 0 Å². The van der Waals surface area contributed by atoms with Crippen molar-refractivity contribution in [3.8, 4) is 0 Å². The number of thiophene rings is 1. The van der Waals surface area contributed by atoms with Crippen molar-refractivity contribution < 1.29 is 15.0 Å². The topological polar surface area (TPSA) is 69.6 Å². The van der Waals surface area contributed by atoms with Gasteiger partial charge < -0.3 is 15.5 Å². The minimum absolute atomic E-state index is 0.0433. The largest absolute Gasteiger partial charge is 0.396 e. The lowest BCUT2D eigenvalue weighted by molar-refractivity contribution is 0.0904. The molecule has 6 heteroatoms. The van der Waals surface area contributed by atoms with Gasteiger partial charge in [-0.2, -0.15) is 0 Å². The normalized spacial score (nSPS) is 28.3. The van der Waals surface area contributed by atoms with E-state index in [1.807, 2.05) is 0 Å². The van der Waals surface area contributed by atoms with Gasteiger partial charge in [0.05, 0.1) is 15.3 Å². The molecule has 0 bridgehead atoms. The van der Waals surface area contributed by atoms with Crippen molar-refractivity contribution >= 4 is 28.8 Å². The van der Waals surface area contributed by atoms with Gasteiger partial charge in [-0.05, 0) is 25.0 Å². The monoisotopic (exact) mass is 275 g/mol. The molecule has 1 fully saturated rings. The molecule has 2 rings (SSSR count). The first-order valence-corrected chi connectivity index (χ1v) is 6.64. The predicted molar refractivity (Wildman–Crippen MR) is 66.4 cm³/mol. The van der Waals surface area contributed by atoms with Crippen LogP contribution in [0, 0.1) is 5.92 Å². The van der Waals surface area contributed by atoms with Crippen LogP contribution in [0.5, 0.6) is 0 Å². The first-order chi connectivity index (χ1) is 8.10. The van der Waals surface area contributed by atoms with Gasteiger partial charge in [0.2, 0.25) is 0 Å². The van der Waals surface area contributed by atoms with Gasteiger partial charge in [-0.15, -0.1) is 11.3 Å². The van der Waals surface area contributed by atoms with Crippen LogP contribution in [0.3, 0.4) is 0 Å². The molecule has 17 heavy (non-hydrogen) atoms. The van der Waals surface area contributed by atoms with Gasteiger partial charge in [0.1, 0.15) is 0 Å². The summed E-state index contributed by atoms with van der Waals surface area (Å²) in [7, 11) is 0. The number of carbonyl (C=O) groups excluding carboxylic acids is 1. The summed E-state index contributed by atoms with van der Waals surface area (Å²) in [6.07, 6.45) is 0.579. The van der Waals surface area contributed by atoms with Crippen LogP contribution in [0.4, 0.5) is 0 Å². The SMILES string of the molecule is O=C(N[C@@H]1C[C@@H](CO)[C@H](O)C1)c1ccc(Cl)s1. The van der Waals surface area contributed by atoms with Crippen LogP contribution < -0.4 is 5.32 Å². The second-order valence-electron chi connectivity index (χ2n) is 4.26. The third kappa shape index (κ3) is 2.98. The number of carbonyl (C=O) groups is 1. The Labute approximate surface area is 108 Å². The summed E-state index contributed by atoms with van der Waals surface area (Å²) in [6, 6.07) is 3.29. The highest BCUT2D eigenvalue weighted by atomic mass is 35.5. The van der Waals surface area contributed by atoms with Gasteiger partial charge in [0, 0.05) is 18.6 Å². The Bertz CT molecular complexity index is 409. The molecule has 3 N–H and O–H groups in total. The number of halogens is 1. The zero-order valence-corrected chi connectivity index (χ0v) is 10.7. The van der Waals surface area contributed by atoms with E-state index in [1.54, 1.807) is 12.1 Å². The zero-order valence-electron chi connectivity index (χ0n) is 9.10. The van der Waals surface area contributed by atoms with Gasteiger partial charge >= 0.3 is 0 Å². The molecule has 0 aromatic carbocycles. The molecule has 0 spiro atoms. The average Bonchev–Trinajstić information content (AvgIpc) is 2.85. The molecule has 1 amide bonds. The number of nitrogens with one attached hydrogen (secondary N) is 1. The molecule has 1 saturated carbocycles. The lowest BCUT2D eigenvalue weighted by Gasteiger charge is -2.11. The van der Waals surface area contributed by atoms with Gasteiger partial charge in [0.15, 0.2) is 0 Å². The molecular formula is C11H14ClNO3S. The predicted octanol–water partition coefficient (Wildman–Crippen LogP) is 1.26. The van der Waals surface area contributed by atoms with E-state index in [1.165, 1.54) is 11.3 Å². The van der Waals surface area contributed by atoms with E-state index >= 15 is 0 Å². The van der Waals surface area contributed by atoms with E-state index in [0.29, 0.717) is 22.1 Å². The highest BCUT2D eigenvalue weighted by Crippen LogP contribution is 2.27. The lowest BCUT2D eigenvalue weighted by Crippen LogP contribution is -2.32. The summed E-state index contributed by atoms with van der Waals surface area (Å²) in [6.45, 7) is -0.0433. The van der Waals surface area contributed by atoms with E-state index in [-0.39, 0.29) is 24.5 Å². The molecule has 3 atom stereocenters. The molecule has 1 aromatic heterocycles. The standard InChI is InChI=1S/C11H14ClNO3S/c12-10-2-1-9(17-10)11(16)13-7-3-6(5-14)8(15)4-7/h1-2,6-8,14-15H,3-5H2,(H,13,16)/t6-,7+,8+/m0/s1. The van der Waals surface area contributed by atoms with E-state index in [9.17, 15) is 9.90 Å². The quantitative estimate of drug-likeness (QED) is 0.778. The Morgan fingerprint density at radius 3 is 2.82 bits per heavy atom. The number of aliphatic hydroxyl groups is 2. The summed E-state index contributed by atoms with van der Waals surface area (Å²) in [5.41, 5.74) is 0. The molecule has 1 aromatic rings. The van der Waals surface area contributed by atoms with Crippen LogP contribution in [0.1, 0.15) is 22.5 Å². The Morgan fingerprint density at radius 2 is 2.29 bits per heavy atom. The van der Waals surface area contributed by atoms with Crippen LogP contribution in [-0.2, 0) is 0 Å². The molecule has 0 aliphatic heterocycles. The summed E-state index contributed by atoms with van der Waals surface area (Å²) in [5, 5.41) is 21.5. The van der Waals surface area contributed by atoms with E-state index < -0.39 is 6.10 Å². The first kappa shape index (κ1) is 12.8. The third-order valence-electron chi connectivity index (χ3n) is 3.02. The number of aliphatic hydroxyl groups excluding tert-OH is 2. The molecule has 1 aliphatic rings. The van der Waals surface area contributed by atoms with Crippen LogP contribution in [0.15, 0.2) is 12.1 Å². The molecule has 0 unspecified atom stereocenters. The summed E-state index contributed by atoms with van der Waals surface area (Å²) < 4.78 is 0.579. The fourth-order valence-electron chi connectivity index (χ4n) is 2.11. The smallest absolute Gasteiger partial charge is 0.261 e. The van der Waals surface area contributed by atoms with Crippen LogP contribution in [0.2, 0.25) is 4.34 Å². The molecular weight excluding hydrogens is 262 g/mol.